The Morgan fingerprint density at radius 2 is 1.78 bits per heavy atom. The normalized spacial score (nSPS) is 23.9. The van der Waals surface area contributed by atoms with Gasteiger partial charge in [0.05, 0.1) is 0 Å². The standard InChI is InChI=1S/C21H29N3O3/c1-14(2)16-5-7-17(8-6-16)21(4)19(26)24(20(27)22-21)13-18(25)23-11-9-15(3)10-12-23/h5-8,14-15H,9-13H2,1-4H3,(H,22,27)/t21-/m1/s1. The molecule has 1 atom stereocenters. The molecule has 0 unspecified atom stereocenters. The number of likely N-dealkylation sites (tertiary alicyclic amines) is 1. The highest BCUT2D eigenvalue weighted by molar-refractivity contribution is 6.09. The number of nitrogens with zero attached hydrogens (tertiary/aromatic N) is 2. The maximum absolute atomic E-state index is 13.0. The molecule has 0 saturated carbocycles. The average molecular weight is 371 g/mol. The fraction of sp³-hybridized carbons (Fsp3) is 0.571. The summed E-state index contributed by atoms with van der Waals surface area (Å²) in [6.07, 6.45) is 1.93. The van der Waals surface area contributed by atoms with Gasteiger partial charge >= 0.3 is 6.03 Å². The van der Waals surface area contributed by atoms with Gasteiger partial charge in [0.15, 0.2) is 0 Å². The Balaban J connectivity index is 1.73. The number of hydrogen-bond donors (Lipinski definition) is 1. The van der Waals surface area contributed by atoms with Gasteiger partial charge in [-0.05, 0) is 42.7 Å². The molecule has 3 rings (SSSR count). The van der Waals surface area contributed by atoms with Crippen LogP contribution in [-0.2, 0) is 15.1 Å². The van der Waals surface area contributed by atoms with E-state index in [0.29, 0.717) is 24.9 Å². The zero-order valence-corrected chi connectivity index (χ0v) is 16.6. The van der Waals surface area contributed by atoms with E-state index in [1.165, 1.54) is 5.56 Å². The summed E-state index contributed by atoms with van der Waals surface area (Å²) in [4.78, 5) is 40.8. The molecule has 0 spiro atoms. The summed E-state index contributed by atoms with van der Waals surface area (Å²) in [6.45, 7) is 9.27. The predicted molar refractivity (Wildman–Crippen MR) is 103 cm³/mol. The highest BCUT2D eigenvalue weighted by Gasteiger charge is 2.49. The second kappa shape index (κ2) is 7.33. The minimum atomic E-state index is -1.14. The van der Waals surface area contributed by atoms with Crippen molar-refractivity contribution < 1.29 is 14.4 Å². The lowest BCUT2D eigenvalue weighted by Crippen LogP contribution is -2.46. The largest absolute Gasteiger partial charge is 0.341 e. The Bertz CT molecular complexity index is 736. The molecule has 0 aromatic heterocycles. The number of piperidine rings is 1. The van der Waals surface area contributed by atoms with E-state index in [0.717, 1.165) is 23.3 Å². The number of amides is 4. The van der Waals surface area contributed by atoms with E-state index in [2.05, 4.69) is 26.1 Å². The molecule has 2 heterocycles. The van der Waals surface area contributed by atoms with Gasteiger partial charge in [0, 0.05) is 13.1 Å². The molecule has 146 valence electrons. The van der Waals surface area contributed by atoms with Crippen molar-refractivity contribution in [2.24, 2.45) is 5.92 Å². The first-order valence-corrected chi connectivity index (χ1v) is 9.74. The fourth-order valence-corrected chi connectivity index (χ4v) is 3.73. The number of carbonyl (C=O) groups excluding carboxylic acids is 3. The lowest BCUT2D eigenvalue weighted by molar-refractivity contribution is -0.139. The van der Waals surface area contributed by atoms with Crippen molar-refractivity contribution in [3.63, 3.8) is 0 Å². The molecule has 0 radical (unpaired) electrons. The number of nitrogens with one attached hydrogen (secondary N) is 1. The predicted octanol–water partition coefficient (Wildman–Crippen LogP) is 2.84. The fourth-order valence-electron chi connectivity index (χ4n) is 3.73. The lowest BCUT2D eigenvalue weighted by Gasteiger charge is -2.31. The second-order valence-corrected chi connectivity index (χ2v) is 8.29. The summed E-state index contributed by atoms with van der Waals surface area (Å²) >= 11 is 0. The molecule has 2 aliphatic rings. The first-order valence-electron chi connectivity index (χ1n) is 9.74. The van der Waals surface area contributed by atoms with E-state index >= 15 is 0 Å². The van der Waals surface area contributed by atoms with Crippen LogP contribution in [0.4, 0.5) is 4.79 Å². The number of hydrogen-bond acceptors (Lipinski definition) is 3. The van der Waals surface area contributed by atoms with E-state index in [4.69, 9.17) is 0 Å². The Morgan fingerprint density at radius 1 is 1.19 bits per heavy atom. The number of rotatable bonds is 4. The number of carbonyl (C=O) groups is 3. The molecule has 1 N–H and O–H groups in total. The van der Waals surface area contributed by atoms with Gasteiger partial charge in [0.2, 0.25) is 5.91 Å². The van der Waals surface area contributed by atoms with Crippen molar-refractivity contribution in [2.45, 2.75) is 52.0 Å². The summed E-state index contributed by atoms with van der Waals surface area (Å²) in [6, 6.07) is 7.21. The molecule has 4 amide bonds. The van der Waals surface area contributed by atoms with Crippen molar-refractivity contribution in [3.05, 3.63) is 35.4 Å². The first kappa shape index (κ1) is 19.4. The minimum Gasteiger partial charge on any atom is -0.341 e. The first-order chi connectivity index (χ1) is 12.7. The molecule has 1 aromatic rings. The number of benzene rings is 1. The van der Waals surface area contributed by atoms with Crippen LogP contribution in [0.5, 0.6) is 0 Å². The molecule has 1 aromatic carbocycles. The van der Waals surface area contributed by atoms with Crippen LogP contribution in [0.25, 0.3) is 0 Å². The van der Waals surface area contributed by atoms with Crippen molar-refractivity contribution in [1.82, 2.24) is 15.1 Å². The molecule has 6 heteroatoms. The zero-order chi connectivity index (χ0) is 19.8. The molecule has 0 bridgehead atoms. The van der Waals surface area contributed by atoms with Gasteiger partial charge in [-0.2, -0.15) is 0 Å². The lowest BCUT2D eigenvalue weighted by atomic mass is 9.90. The molecule has 6 nitrogen and oxygen atoms in total. The van der Waals surface area contributed by atoms with E-state index in [1.807, 2.05) is 24.3 Å². The van der Waals surface area contributed by atoms with Gasteiger partial charge in [0.1, 0.15) is 12.1 Å². The average Bonchev–Trinajstić information content (AvgIpc) is 2.86. The van der Waals surface area contributed by atoms with Crippen LogP contribution in [0.15, 0.2) is 24.3 Å². The van der Waals surface area contributed by atoms with Crippen LogP contribution in [0, 0.1) is 5.92 Å². The molecule has 0 aliphatic carbocycles. The van der Waals surface area contributed by atoms with Crippen molar-refractivity contribution in [1.29, 1.82) is 0 Å². The maximum atomic E-state index is 13.0. The van der Waals surface area contributed by atoms with E-state index < -0.39 is 11.6 Å². The van der Waals surface area contributed by atoms with Crippen molar-refractivity contribution in [2.75, 3.05) is 19.6 Å². The third kappa shape index (κ3) is 3.70. The van der Waals surface area contributed by atoms with E-state index in [-0.39, 0.29) is 18.4 Å². The van der Waals surface area contributed by atoms with Gasteiger partial charge in [-0.1, -0.05) is 45.0 Å². The monoisotopic (exact) mass is 371 g/mol. The molecule has 2 fully saturated rings. The zero-order valence-electron chi connectivity index (χ0n) is 16.6. The summed E-state index contributed by atoms with van der Waals surface area (Å²) in [5, 5.41) is 2.78. The summed E-state index contributed by atoms with van der Waals surface area (Å²) in [5.74, 6) is 0.471. The van der Waals surface area contributed by atoms with Crippen molar-refractivity contribution >= 4 is 17.8 Å². The van der Waals surface area contributed by atoms with Gasteiger partial charge < -0.3 is 10.2 Å². The van der Waals surface area contributed by atoms with Crippen LogP contribution < -0.4 is 5.32 Å². The van der Waals surface area contributed by atoms with Gasteiger partial charge in [-0.15, -0.1) is 0 Å². The highest BCUT2D eigenvalue weighted by Crippen LogP contribution is 2.30. The third-order valence-electron chi connectivity index (χ3n) is 5.86. The Labute approximate surface area is 160 Å². The van der Waals surface area contributed by atoms with Gasteiger partial charge in [-0.3, -0.25) is 14.5 Å². The van der Waals surface area contributed by atoms with Gasteiger partial charge in [-0.25, -0.2) is 4.79 Å². The van der Waals surface area contributed by atoms with E-state index in [1.54, 1.807) is 11.8 Å². The second-order valence-electron chi connectivity index (χ2n) is 8.29. The summed E-state index contributed by atoms with van der Waals surface area (Å²) < 4.78 is 0. The molecule has 2 saturated heterocycles. The molecular formula is C21H29N3O3. The molecular weight excluding hydrogens is 342 g/mol. The Hall–Kier alpha value is -2.37. The highest BCUT2D eigenvalue weighted by atomic mass is 16.2. The molecule has 27 heavy (non-hydrogen) atoms. The Morgan fingerprint density at radius 3 is 2.33 bits per heavy atom. The van der Waals surface area contributed by atoms with Crippen LogP contribution in [-0.4, -0.2) is 47.3 Å². The van der Waals surface area contributed by atoms with Crippen LogP contribution in [0.1, 0.15) is 57.6 Å². The maximum Gasteiger partial charge on any atom is 0.325 e. The van der Waals surface area contributed by atoms with Crippen LogP contribution in [0.3, 0.4) is 0 Å². The van der Waals surface area contributed by atoms with Crippen LogP contribution in [0.2, 0.25) is 0 Å². The summed E-state index contributed by atoms with van der Waals surface area (Å²) in [5.41, 5.74) is 0.765. The topological polar surface area (TPSA) is 69.7 Å². The molecule has 2 aliphatic heterocycles. The number of imide groups is 1. The minimum absolute atomic E-state index is 0.162. The smallest absolute Gasteiger partial charge is 0.325 e. The SMILES string of the molecule is CC1CCN(C(=O)CN2C(=O)N[C@](C)(c3ccc(C(C)C)cc3)C2=O)CC1. The summed E-state index contributed by atoms with van der Waals surface area (Å²) in [7, 11) is 0. The van der Waals surface area contributed by atoms with Crippen LogP contribution >= 0.6 is 0 Å². The van der Waals surface area contributed by atoms with Crippen molar-refractivity contribution in [3.8, 4) is 0 Å². The number of urea groups is 1. The third-order valence-corrected chi connectivity index (χ3v) is 5.86. The Kier molecular flexibility index (Phi) is 5.27. The quantitative estimate of drug-likeness (QED) is 0.828. The van der Waals surface area contributed by atoms with E-state index in [9.17, 15) is 14.4 Å². The van der Waals surface area contributed by atoms with Gasteiger partial charge in [0.25, 0.3) is 5.91 Å².